The molecule has 1 amide bonds. The second kappa shape index (κ2) is 9.21. The van der Waals surface area contributed by atoms with Crippen molar-refractivity contribution in [3.63, 3.8) is 0 Å². The van der Waals surface area contributed by atoms with Crippen molar-refractivity contribution < 1.29 is 13.2 Å². The molecule has 0 fully saturated rings. The van der Waals surface area contributed by atoms with Crippen LogP contribution < -0.4 is 10.5 Å². The number of thioether (sulfide) groups is 2. The second-order valence-corrected chi connectivity index (χ2v) is 9.69. The van der Waals surface area contributed by atoms with E-state index in [4.69, 9.17) is 5.14 Å². The molecule has 0 aliphatic rings. The van der Waals surface area contributed by atoms with Crippen molar-refractivity contribution in [1.82, 2.24) is 9.55 Å². The molecule has 7 nitrogen and oxygen atoms in total. The number of primary sulfonamides is 1. The fourth-order valence-corrected chi connectivity index (χ4v) is 4.68. The van der Waals surface area contributed by atoms with E-state index in [9.17, 15) is 13.2 Å². The van der Waals surface area contributed by atoms with Crippen molar-refractivity contribution in [2.24, 2.45) is 5.14 Å². The summed E-state index contributed by atoms with van der Waals surface area (Å²) in [6, 6.07) is 12.3. The van der Waals surface area contributed by atoms with Crippen molar-refractivity contribution in [2.75, 3.05) is 17.3 Å². The number of nitrogens with zero attached hydrogens (tertiary/aromatic N) is 2. The number of amides is 1. The highest BCUT2D eigenvalue weighted by atomic mass is 32.2. The number of anilines is 1. The van der Waals surface area contributed by atoms with Crippen LogP contribution >= 0.6 is 23.5 Å². The van der Waals surface area contributed by atoms with Crippen molar-refractivity contribution >= 4 is 56.2 Å². The molecule has 0 saturated carbocycles. The topological polar surface area (TPSA) is 107 Å². The van der Waals surface area contributed by atoms with Gasteiger partial charge in [-0.05, 0) is 49.1 Å². The van der Waals surface area contributed by atoms with E-state index >= 15 is 0 Å². The van der Waals surface area contributed by atoms with Gasteiger partial charge in [-0.1, -0.05) is 24.8 Å². The fourth-order valence-electron chi connectivity index (χ4n) is 2.84. The van der Waals surface area contributed by atoms with Gasteiger partial charge in [0.2, 0.25) is 15.9 Å². The number of carbonyl (C=O) groups excluding carboxylic acids is 1. The van der Waals surface area contributed by atoms with Crippen LogP contribution in [0.4, 0.5) is 5.69 Å². The smallest absolute Gasteiger partial charge is 0.238 e. The lowest BCUT2D eigenvalue weighted by Gasteiger charge is -2.08. The standard InChI is InChI=1S/C19H22N4O3S3/c1-3-9-23-17-8-7-15(29(20,25)26)11-16(17)22-19(23)28-12-18(24)21-13-5-4-6-14(10-13)27-2/h4-8,10-11H,3,9,12H2,1-2H3,(H,21,24)(H2,20,25,26). The lowest BCUT2D eigenvalue weighted by Crippen LogP contribution is -2.14. The molecule has 0 bridgehead atoms. The first-order chi connectivity index (χ1) is 13.8. The highest BCUT2D eigenvalue weighted by Gasteiger charge is 2.16. The van der Waals surface area contributed by atoms with E-state index in [1.807, 2.05) is 42.0 Å². The van der Waals surface area contributed by atoms with Gasteiger partial charge < -0.3 is 9.88 Å². The zero-order chi connectivity index (χ0) is 21.0. The summed E-state index contributed by atoms with van der Waals surface area (Å²) in [5, 5.41) is 8.78. The fraction of sp³-hybridized carbons (Fsp3) is 0.263. The largest absolute Gasteiger partial charge is 0.325 e. The van der Waals surface area contributed by atoms with Gasteiger partial charge in [0.15, 0.2) is 5.16 Å². The molecule has 0 radical (unpaired) electrons. The van der Waals surface area contributed by atoms with Crippen molar-refractivity contribution in [3.8, 4) is 0 Å². The monoisotopic (exact) mass is 450 g/mol. The molecule has 154 valence electrons. The Labute approximate surface area is 178 Å². The number of aromatic nitrogens is 2. The van der Waals surface area contributed by atoms with Gasteiger partial charge in [-0.25, -0.2) is 18.5 Å². The third kappa shape index (κ3) is 5.33. The van der Waals surface area contributed by atoms with Crippen molar-refractivity contribution in [1.29, 1.82) is 0 Å². The normalized spacial score (nSPS) is 11.7. The van der Waals surface area contributed by atoms with E-state index in [1.54, 1.807) is 17.8 Å². The number of benzene rings is 2. The number of hydrogen-bond donors (Lipinski definition) is 2. The Morgan fingerprint density at radius 3 is 2.72 bits per heavy atom. The highest BCUT2D eigenvalue weighted by molar-refractivity contribution is 7.99. The van der Waals surface area contributed by atoms with Crippen LogP contribution in [-0.4, -0.2) is 35.9 Å². The Bertz CT molecular complexity index is 1140. The predicted octanol–water partition coefficient (Wildman–Crippen LogP) is 3.55. The minimum absolute atomic E-state index is 0.0223. The van der Waals surface area contributed by atoms with Crippen LogP contribution in [0, 0.1) is 0 Å². The predicted molar refractivity (Wildman–Crippen MR) is 119 cm³/mol. The number of aryl methyl sites for hydroxylation is 1. The van der Waals surface area contributed by atoms with E-state index in [0.717, 1.165) is 22.5 Å². The molecule has 2 aromatic carbocycles. The van der Waals surface area contributed by atoms with Gasteiger partial charge in [0.1, 0.15) is 0 Å². The summed E-state index contributed by atoms with van der Waals surface area (Å²) in [6.45, 7) is 2.76. The Morgan fingerprint density at radius 2 is 2.03 bits per heavy atom. The number of carbonyl (C=O) groups is 1. The SMILES string of the molecule is CCCn1c(SCC(=O)Nc2cccc(SC)c2)nc2cc(S(N)(=O)=O)ccc21. The third-order valence-electron chi connectivity index (χ3n) is 4.15. The van der Waals surface area contributed by atoms with Gasteiger partial charge in [-0.15, -0.1) is 11.8 Å². The molecule has 0 aliphatic carbocycles. The minimum Gasteiger partial charge on any atom is -0.325 e. The summed E-state index contributed by atoms with van der Waals surface area (Å²) in [5.41, 5.74) is 2.11. The van der Waals surface area contributed by atoms with Crippen LogP contribution in [0.1, 0.15) is 13.3 Å². The molecule has 0 unspecified atom stereocenters. The molecule has 0 aliphatic heterocycles. The van der Waals surface area contributed by atoms with Crippen LogP contribution in [0.25, 0.3) is 11.0 Å². The quantitative estimate of drug-likeness (QED) is 0.508. The second-order valence-electron chi connectivity index (χ2n) is 6.31. The number of fused-ring (bicyclic) bond motifs is 1. The Morgan fingerprint density at radius 1 is 1.24 bits per heavy atom. The Hall–Kier alpha value is -2.01. The number of nitrogens with two attached hydrogens (primary N) is 1. The first-order valence-electron chi connectivity index (χ1n) is 8.91. The maximum Gasteiger partial charge on any atom is 0.238 e. The first-order valence-corrected chi connectivity index (χ1v) is 12.7. The van der Waals surface area contributed by atoms with E-state index in [-0.39, 0.29) is 16.6 Å². The minimum atomic E-state index is -3.80. The number of sulfonamides is 1. The summed E-state index contributed by atoms with van der Waals surface area (Å²) in [6.07, 6.45) is 2.86. The first kappa shape index (κ1) is 21.7. The third-order valence-corrected chi connectivity index (χ3v) is 6.76. The van der Waals surface area contributed by atoms with E-state index in [2.05, 4.69) is 10.3 Å². The summed E-state index contributed by atoms with van der Waals surface area (Å²) in [4.78, 5) is 18.0. The molecule has 29 heavy (non-hydrogen) atoms. The number of hydrogen-bond acceptors (Lipinski definition) is 6. The molecule has 3 N–H and O–H groups in total. The molecule has 0 saturated heterocycles. The zero-order valence-electron chi connectivity index (χ0n) is 16.1. The summed E-state index contributed by atoms with van der Waals surface area (Å²) < 4.78 is 25.2. The Balaban J connectivity index is 1.79. The molecule has 0 atom stereocenters. The van der Waals surface area contributed by atoms with Crippen molar-refractivity contribution in [3.05, 3.63) is 42.5 Å². The molecular weight excluding hydrogens is 428 g/mol. The van der Waals surface area contributed by atoms with Crippen LogP contribution in [0.2, 0.25) is 0 Å². The van der Waals surface area contributed by atoms with Gasteiger partial charge in [0.25, 0.3) is 0 Å². The summed E-state index contributed by atoms with van der Waals surface area (Å²) in [7, 11) is -3.80. The molecule has 1 heterocycles. The molecule has 0 spiro atoms. The van der Waals surface area contributed by atoms with Crippen LogP contribution in [0.15, 0.2) is 57.4 Å². The van der Waals surface area contributed by atoms with E-state index in [1.165, 1.54) is 23.9 Å². The molecular formula is C19H22N4O3S3. The molecule has 3 aromatic rings. The zero-order valence-corrected chi connectivity index (χ0v) is 18.5. The van der Waals surface area contributed by atoms with Gasteiger partial charge in [0.05, 0.1) is 21.7 Å². The molecule has 1 aromatic heterocycles. The summed E-state index contributed by atoms with van der Waals surface area (Å²) in [5.74, 6) is 0.0621. The molecule has 3 rings (SSSR count). The lowest BCUT2D eigenvalue weighted by atomic mass is 10.3. The average Bonchev–Trinajstić information content (AvgIpc) is 3.03. The maximum absolute atomic E-state index is 12.4. The van der Waals surface area contributed by atoms with E-state index in [0.29, 0.717) is 17.2 Å². The highest BCUT2D eigenvalue weighted by Crippen LogP contribution is 2.27. The van der Waals surface area contributed by atoms with E-state index < -0.39 is 10.0 Å². The number of nitrogens with one attached hydrogen (secondary N) is 1. The van der Waals surface area contributed by atoms with Gasteiger partial charge >= 0.3 is 0 Å². The number of imidazole rings is 1. The Kier molecular flexibility index (Phi) is 6.89. The lowest BCUT2D eigenvalue weighted by molar-refractivity contribution is -0.113. The maximum atomic E-state index is 12.4. The van der Waals surface area contributed by atoms with Crippen molar-refractivity contribution in [2.45, 2.75) is 34.8 Å². The number of rotatable bonds is 8. The van der Waals surface area contributed by atoms with Crippen LogP contribution in [0.5, 0.6) is 0 Å². The van der Waals surface area contributed by atoms with Gasteiger partial charge in [-0.2, -0.15) is 0 Å². The summed E-state index contributed by atoms with van der Waals surface area (Å²) >= 11 is 2.93. The van der Waals surface area contributed by atoms with Crippen LogP contribution in [0.3, 0.4) is 0 Å². The van der Waals surface area contributed by atoms with Crippen LogP contribution in [-0.2, 0) is 21.4 Å². The molecule has 10 heteroatoms. The van der Waals surface area contributed by atoms with Gasteiger partial charge in [-0.3, -0.25) is 4.79 Å². The van der Waals surface area contributed by atoms with Gasteiger partial charge in [0, 0.05) is 17.1 Å². The average molecular weight is 451 g/mol.